The second-order valence-corrected chi connectivity index (χ2v) is 10.6. The quantitative estimate of drug-likeness (QED) is 0.606. The molecule has 3 fully saturated rings. The van der Waals surface area contributed by atoms with Crippen molar-refractivity contribution in [2.24, 2.45) is 5.92 Å². The van der Waals surface area contributed by atoms with E-state index in [1.165, 1.54) is 16.8 Å². The smallest absolute Gasteiger partial charge is 0.260 e. The molecule has 0 radical (unpaired) electrons. The zero-order chi connectivity index (χ0) is 25.4. The zero-order valence-electron chi connectivity index (χ0n) is 21.6. The Hall–Kier alpha value is -3.39. The van der Waals surface area contributed by atoms with E-state index in [0.29, 0.717) is 11.7 Å². The average Bonchev–Trinajstić information content (AvgIpc) is 3.70. The number of hydrogen-bond acceptors (Lipinski definition) is 6. The van der Waals surface area contributed by atoms with Gasteiger partial charge in [-0.15, -0.1) is 0 Å². The highest BCUT2D eigenvalue weighted by molar-refractivity contribution is 5.92. The van der Waals surface area contributed by atoms with Crippen LogP contribution in [0, 0.1) is 5.92 Å². The number of nitrogens with zero attached hydrogens (tertiary/aromatic N) is 5. The number of carbonyl (C=O) groups is 2. The van der Waals surface area contributed by atoms with Crippen molar-refractivity contribution in [2.75, 3.05) is 70.9 Å². The molecule has 1 saturated carbocycles. The fourth-order valence-electron chi connectivity index (χ4n) is 5.48. The summed E-state index contributed by atoms with van der Waals surface area (Å²) in [5, 5.41) is 0. The molecule has 2 aromatic rings. The Balaban J connectivity index is 1.07. The van der Waals surface area contributed by atoms with Gasteiger partial charge in [-0.25, -0.2) is 0 Å². The Kier molecular flexibility index (Phi) is 6.59. The number of fused-ring (bicyclic) bond motifs is 1. The van der Waals surface area contributed by atoms with E-state index in [9.17, 15) is 9.59 Å². The molecule has 4 aliphatic rings. The van der Waals surface area contributed by atoms with Crippen LogP contribution >= 0.6 is 0 Å². The fraction of sp³-hybridized carbons (Fsp3) is 0.483. The van der Waals surface area contributed by atoms with E-state index in [4.69, 9.17) is 4.74 Å². The van der Waals surface area contributed by atoms with Crippen molar-refractivity contribution in [3.63, 3.8) is 0 Å². The first kappa shape index (κ1) is 24.0. The molecule has 8 heteroatoms. The minimum atomic E-state index is 0.0440. The van der Waals surface area contributed by atoms with E-state index in [-0.39, 0.29) is 18.4 Å². The zero-order valence-corrected chi connectivity index (χ0v) is 21.6. The van der Waals surface area contributed by atoms with Gasteiger partial charge in [0.1, 0.15) is 5.75 Å². The van der Waals surface area contributed by atoms with Crippen molar-refractivity contribution in [2.45, 2.75) is 19.3 Å². The van der Waals surface area contributed by atoms with Crippen molar-refractivity contribution in [1.82, 2.24) is 19.7 Å². The molecule has 0 unspecified atom stereocenters. The van der Waals surface area contributed by atoms with E-state index >= 15 is 0 Å². The number of likely N-dealkylation sites (N-methyl/N-ethyl adjacent to an activating group) is 1. The number of amides is 2. The molecule has 2 saturated heterocycles. The van der Waals surface area contributed by atoms with Gasteiger partial charge in [0.15, 0.2) is 6.61 Å². The number of pyridine rings is 1. The highest BCUT2D eigenvalue weighted by Gasteiger charge is 2.35. The molecular weight excluding hydrogens is 466 g/mol. The van der Waals surface area contributed by atoms with Crippen LogP contribution in [0.3, 0.4) is 0 Å². The van der Waals surface area contributed by atoms with Crippen LogP contribution < -0.4 is 9.64 Å². The summed E-state index contributed by atoms with van der Waals surface area (Å²) in [7, 11) is 2.08. The maximum atomic E-state index is 12.5. The molecule has 1 aromatic heterocycles. The number of aromatic nitrogens is 1. The molecule has 2 aliphatic carbocycles. The van der Waals surface area contributed by atoms with Gasteiger partial charge >= 0.3 is 0 Å². The third-order valence-electron chi connectivity index (χ3n) is 8.03. The Morgan fingerprint density at radius 1 is 0.919 bits per heavy atom. The van der Waals surface area contributed by atoms with E-state index < -0.39 is 0 Å². The molecule has 37 heavy (non-hydrogen) atoms. The first-order chi connectivity index (χ1) is 18.0. The summed E-state index contributed by atoms with van der Waals surface area (Å²) in [6.45, 7) is 6.71. The summed E-state index contributed by atoms with van der Waals surface area (Å²) in [6.07, 6.45) is 7.08. The van der Waals surface area contributed by atoms with Crippen molar-refractivity contribution >= 4 is 29.2 Å². The maximum Gasteiger partial charge on any atom is 0.260 e. The number of ether oxygens (including phenoxy) is 1. The van der Waals surface area contributed by atoms with Crippen LogP contribution in [0.5, 0.6) is 5.75 Å². The van der Waals surface area contributed by atoms with Gasteiger partial charge in [0.05, 0.1) is 5.69 Å². The van der Waals surface area contributed by atoms with Crippen LogP contribution in [0.4, 0.5) is 5.69 Å². The third kappa shape index (κ3) is 5.21. The van der Waals surface area contributed by atoms with E-state index in [2.05, 4.69) is 46.1 Å². The third-order valence-corrected chi connectivity index (χ3v) is 8.03. The first-order valence-electron chi connectivity index (χ1n) is 13.5. The summed E-state index contributed by atoms with van der Waals surface area (Å²) < 4.78 is 5.80. The Morgan fingerprint density at radius 3 is 2.32 bits per heavy atom. The number of anilines is 1. The van der Waals surface area contributed by atoms with Crippen LogP contribution in [-0.4, -0.2) is 97.5 Å². The lowest BCUT2D eigenvalue weighted by Gasteiger charge is -2.37. The normalized spacial score (nSPS) is 20.0. The average molecular weight is 502 g/mol. The van der Waals surface area contributed by atoms with Crippen molar-refractivity contribution < 1.29 is 14.3 Å². The van der Waals surface area contributed by atoms with Gasteiger partial charge in [-0.05, 0) is 55.3 Å². The summed E-state index contributed by atoms with van der Waals surface area (Å²) in [5.74, 6) is 1.39. The van der Waals surface area contributed by atoms with E-state index in [1.807, 2.05) is 28.1 Å². The Labute approximate surface area is 218 Å². The second kappa shape index (κ2) is 10.2. The van der Waals surface area contributed by atoms with Crippen LogP contribution in [0.25, 0.3) is 11.6 Å². The maximum absolute atomic E-state index is 12.5. The number of rotatable bonds is 6. The minimum absolute atomic E-state index is 0.0440. The predicted octanol–water partition coefficient (Wildman–Crippen LogP) is 2.39. The van der Waals surface area contributed by atoms with Gasteiger partial charge in [-0.3, -0.25) is 14.6 Å². The number of allylic oxidation sites excluding steroid dienone is 1. The number of hydrogen-bond donors (Lipinski definition) is 0. The molecule has 2 aliphatic heterocycles. The number of piperazine rings is 2. The minimum Gasteiger partial charge on any atom is -0.484 e. The fourth-order valence-corrected chi connectivity index (χ4v) is 5.48. The number of benzene rings is 1. The van der Waals surface area contributed by atoms with Crippen LogP contribution in [0.1, 0.15) is 29.7 Å². The molecule has 0 N–H and O–H groups in total. The molecule has 8 nitrogen and oxygen atoms in total. The lowest BCUT2D eigenvalue weighted by atomic mass is 10.1. The highest BCUT2D eigenvalue weighted by atomic mass is 16.5. The standard InChI is InChI=1S/C29H35N5O3/c1-31-10-12-33(13-11-31)28(35)20-37-24-6-4-21(5-7-24)23-18-25-26(19-23)30-9-8-27(25)32-14-16-34(17-15-32)29(36)22-2-3-22/h4-9,18,22H,2-3,10-17,19-20H2,1H3. The van der Waals surface area contributed by atoms with Crippen LogP contribution in [-0.2, 0) is 16.0 Å². The molecule has 0 atom stereocenters. The lowest BCUT2D eigenvalue weighted by Crippen LogP contribution is -2.49. The molecule has 2 amide bonds. The van der Waals surface area contributed by atoms with Gasteiger partial charge in [0.2, 0.25) is 5.91 Å². The topological polar surface area (TPSA) is 69.2 Å². The van der Waals surface area contributed by atoms with E-state index in [1.54, 1.807) is 0 Å². The molecule has 3 heterocycles. The monoisotopic (exact) mass is 501 g/mol. The SMILES string of the molecule is CN1CCN(C(=O)COc2ccc(C3=Cc4c(N5CCN(C(=O)C6CC6)CC5)ccnc4C3)cc2)CC1. The van der Waals surface area contributed by atoms with E-state index in [0.717, 1.165) is 82.9 Å². The lowest BCUT2D eigenvalue weighted by molar-refractivity contribution is -0.135. The van der Waals surface area contributed by atoms with Gasteiger partial charge in [0, 0.05) is 82.1 Å². The summed E-state index contributed by atoms with van der Waals surface area (Å²) in [6, 6.07) is 10.1. The summed E-state index contributed by atoms with van der Waals surface area (Å²) in [4.78, 5) is 38.1. The second-order valence-electron chi connectivity index (χ2n) is 10.6. The molecule has 1 aromatic carbocycles. The van der Waals surface area contributed by atoms with Gasteiger partial charge in [-0.2, -0.15) is 0 Å². The van der Waals surface area contributed by atoms with Crippen molar-refractivity contribution in [3.05, 3.63) is 53.3 Å². The first-order valence-corrected chi connectivity index (χ1v) is 13.5. The van der Waals surface area contributed by atoms with Gasteiger partial charge < -0.3 is 24.3 Å². The Morgan fingerprint density at radius 2 is 1.62 bits per heavy atom. The van der Waals surface area contributed by atoms with Crippen LogP contribution in [0.15, 0.2) is 36.5 Å². The molecular formula is C29H35N5O3. The molecule has 0 bridgehead atoms. The summed E-state index contributed by atoms with van der Waals surface area (Å²) >= 11 is 0. The van der Waals surface area contributed by atoms with Crippen molar-refractivity contribution in [3.8, 4) is 5.75 Å². The molecule has 194 valence electrons. The van der Waals surface area contributed by atoms with Gasteiger partial charge in [-0.1, -0.05) is 12.1 Å². The van der Waals surface area contributed by atoms with Gasteiger partial charge in [0.25, 0.3) is 5.91 Å². The number of carbonyl (C=O) groups excluding carboxylic acids is 2. The molecule has 0 spiro atoms. The van der Waals surface area contributed by atoms with Crippen molar-refractivity contribution in [1.29, 1.82) is 0 Å². The molecule has 6 rings (SSSR count). The highest BCUT2D eigenvalue weighted by Crippen LogP contribution is 2.37. The largest absolute Gasteiger partial charge is 0.484 e. The Bertz CT molecular complexity index is 1190. The summed E-state index contributed by atoms with van der Waals surface area (Å²) in [5.41, 5.74) is 5.87. The van der Waals surface area contributed by atoms with Crippen LogP contribution in [0.2, 0.25) is 0 Å². The predicted molar refractivity (Wildman–Crippen MR) is 143 cm³/mol.